The third-order valence-electron chi connectivity index (χ3n) is 2.33. The molecule has 0 fully saturated rings. The lowest BCUT2D eigenvalue weighted by molar-refractivity contribution is -0.158. The number of hydrogen-bond acceptors (Lipinski definition) is 5. The molecule has 0 aliphatic rings. The number of carbonyl (C=O) groups is 1. The highest BCUT2D eigenvalue weighted by Gasteiger charge is 2.31. The van der Waals surface area contributed by atoms with E-state index in [9.17, 15) is 9.90 Å². The van der Waals surface area contributed by atoms with Crippen LogP contribution in [-0.2, 0) is 9.53 Å². The molecule has 0 saturated carbocycles. The first kappa shape index (κ1) is 13.9. The Kier molecular flexibility index (Phi) is 4.42. The van der Waals surface area contributed by atoms with Crippen LogP contribution in [0.4, 0.5) is 5.69 Å². The maximum Gasteiger partial charge on any atom is 0.338 e. The second-order valence-electron chi connectivity index (χ2n) is 4.08. The molecule has 0 bridgehead atoms. The lowest BCUT2D eigenvalue weighted by Crippen LogP contribution is -2.38. The fourth-order valence-corrected chi connectivity index (χ4v) is 2.34. The SMILES string of the molecule is COC(=O)C(C)(O)CSc1ccc(N)cc1C. The average Bonchev–Trinajstić information content (AvgIpc) is 2.26. The van der Waals surface area contributed by atoms with E-state index in [0.29, 0.717) is 5.69 Å². The van der Waals surface area contributed by atoms with Gasteiger partial charge in [0.2, 0.25) is 0 Å². The maximum atomic E-state index is 11.3. The van der Waals surface area contributed by atoms with Gasteiger partial charge in [-0.3, -0.25) is 0 Å². The Balaban J connectivity index is 2.70. The summed E-state index contributed by atoms with van der Waals surface area (Å²) in [5.74, 6) is -0.386. The van der Waals surface area contributed by atoms with Crippen LogP contribution >= 0.6 is 11.8 Å². The van der Waals surface area contributed by atoms with Crippen molar-refractivity contribution in [2.75, 3.05) is 18.6 Å². The number of methoxy groups -OCH3 is 1. The van der Waals surface area contributed by atoms with Gasteiger partial charge in [-0.2, -0.15) is 0 Å². The summed E-state index contributed by atoms with van der Waals surface area (Å²) in [5, 5.41) is 9.87. The molecule has 1 aromatic rings. The predicted octanol–water partition coefficient (Wildman–Crippen LogP) is 1.59. The molecular formula is C12H17NO3S. The number of benzene rings is 1. The van der Waals surface area contributed by atoms with E-state index in [4.69, 9.17) is 5.73 Å². The second kappa shape index (κ2) is 5.42. The molecule has 0 aliphatic carbocycles. The molecule has 0 spiro atoms. The van der Waals surface area contributed by atoms with Crippen LogP contribution in [0.25, 0.3) is 0 Å². The van der Waals surface area contributed by atoms with Crippen LogP contribution in [0, 0.1) is 6.92 Å². The molecule has 0 aromatic heterocycles. The van der Waals surface area contributed by atoms with Gasteiger partial charge in [-0.25, -0.2) is 4.79 Å². The topological polar surface area (TPSA) is 72.5 Å². The lowest BCUT2D eigenvalue weighted by Gasteiger charge is -2.20. The second-order valence-corrected chi connectivity index (χ2v) is 5.10. The minimum atomic E-state index is -1.48. The predicted molar refractivity (Wildman–Crippen MR) is 69.0 cm³/mol. The van der Waals surface area contributed by atoms with Crippen LogP contribution in [0.5, 0.6) is 0 Å². The number of anilines is 1. The quantitative estimate of drug-likeness (QED) is 0.485. The normalized spacial score (nSPS) is 14.1. The Hall–Kier alpha value is -1.20. The number of carbonyl (C=O) groups excluding carboxylic acids is 1. The number of hydrogen-bond donors (Lipinski definition) is 2. The molecule has 0 heterocycles. The summed E-state index contributed by atoms with van der Waals surface area (Å²) in [5.41, 5.74) is 5.89. The minimum Gasteiger partial charge on any atom is -0.467 e. The van der Waals surface area contributed by atoms with E-state index < -0.39 is 11.6 Å². The molecule has 17 heavy (non-hydrogen) atoms. The van der Waals surface area contributed by atoms with Gasteiger partial charge < -0.3 is 15.6 Å². The number of thioether (sulfide) groups is 1. The molecule has 4 nitrogen and oxygen atoms in total. The average molecular weight is 255 g/mol. The Labute approximate surface area is 105 Å². The van der Waals surface area contributed by atoms with Crippen molar-refractivity contribution in [2.45, 2.75) is 24.3 Å². The number of nitrogens with two attached hydrogens (primary N) is 1. The first-order valence-electron chi connectivity index (χ1n) is 5.16. The van der Waals surface area contributed by atoms with E-state index in [1.165, 1.54) is 25.8 Å². The van der Waals surface area contributed by atoms with E-state index in [2.05, 4.69) is 4.74 Å². The van der Waals surface area contributed by atoms with Gasteiger partial charge >= 0.3 is 5.97 Å². The van der Waals surface area contributed by atoms with Crippen LogP contribution in [0.15, 0.2) is 23.1 Å². The molecule has 5 heteroatoms. The molecule has 0 saturated heterocycles. The zero-order valence-corrected chi connectivity index (χ0v) is 11.0. The number of ether oxygens (including phenoxy) is 1. The highest BCUT2D eigenvalue weighted by atomic mass is 32.2. The summed E-state index contributed by atoms with van der Waals surface area (Å²) in [4.78, 5) is 12.3. The summed E-state index contributed by atoms with van der Waals surface area (Å²) in [6.07, 6.45) is 0. The van der Waals surface area contributed by atoms with Crippen molar-refractivity contribution < 1.29 is 14.6 Å². The molecule has 1 atom stereocenters. The monoisotopic (exact) mass is 255 g/mol. The largest absolute Gasteiger partial charge is 0.467 e. The van der Waals surface area contributed by atoms with Crippen LogP contribution < -0.4 is 5.73 Å². The maximum absolute atomic E-state index is 11.3. The van der Waals surface area contributed by atoms with Gasteiger partial charge in [0.1, 0.15) is 0 Å². The van der Waals surface area contributed by atoms with Gasteiger partial charge in [-0.05, 0) is 37.6 Å². The van der Waals surface area contributed by atoms with Crippen molar-refractivity contribution in [1.82, 2.24) is 0 Å². The molecular weight excluding hydrogens is 238 g/mol. The van der Waals surface area contributed by atoms with Crippen molar-refractivity contribution in [3.63, 3.8) is 0 Å². The Morgan fingerprint density at radius 1 is 1.59 bits per heavy atom. The number of aliphatic hydroxyl groups is 1. The minimum absolute atomic E-state index is 0.241. The van der Waals surface area contributed by atoms with Gasteiger partial charge in [0.15, 0.2) is 5.60 Å². The molecule has 1 rings (SSSR count). The third-order valence-corrected chi connectivity index (χ3v) is 3.81. The highest BCUT2D eigenvalue weighted by Crippen LogP contribution is 2.27. The van der Waals surface area contributed by atoms with Crippen molar-refractivity contribution in [1.29, 1.82) is 0 Å². The van der Waals surface area contributed by atoms with Crippen LogP contribution in [0.1, 0.15) is 12.5 Å². The fraction of sp³-hybridized carbons (Fsp3) is 0.417. The zero-order valence-electron chi connectivity index (χ0n) is 10.2. The van der Waals surface area contributed by atoms with Crippen molar-refractivity contribution in [3.8, 4) is 0 Å². The smallest absolute Gasteiger partial charge is 0.338 e. The molecule has 0 radical (unpaired) electrons. The summed E-state index contributed by atoms with van der Waals surface area (Å²) in [6, 6.07) is 5.53. The standard InChI is InChI=1S/C12H17NO3S/c1-8-6-9(13)4-5-10(8)17-7-12(2,15)11(14)16-3/h4-6,15H,7,13H2,1-3H3. The van der Waals surface area contributed by atoms with E-state index in [1.54, 1.807) is 6.07 Å². The lowest BCUT2D eigenvalue weighted by atomic mass is 10.1. The van der Waals surface area contributed by atoms with Crippen LogP contribution in [-0.4, -0.2) is 29.5 Å². The molecule has 94 valence electrons. The number of nitrogen functional groups attached to an aromatic ring is 1. The van der Waals surface area contributed by atoms with Crippen molar-refractivity contribution in [3.05, 3.63) is 23.8 Å². The van der Waals surface area contributed by atoms with E-state index in [-0.39, 0.29) is 5.75 Å². The molecule has 0 aliphatic heterocycles. The van der Waals surface area contributed by atoms with Crippen molar-refractivity contribution in [2.24, 2.45) is 0 Å². The van der Waals surface area contributed by atoms with Crippen molar-refractivity contribution >= 4 is 23.4 Å². The first-order valence-corrected chi connectivity index (χ1v) is 6.15. The van der Waals surface area contributed by atoms with Gasteiger partial charge in [-0.1, -0.05) is 0 Å². The third kappa shape index (κ3) is 3.64. The van der Waals surface area contributed by atoms with E-state index in [1.807, 2.05) is 19.1 Å². The van der Waals surface area contributed by atoms with Gasteiger partial charge in [0.25, 0.3) is 0 Å². The molecule has 0 amide bonds. The first-order chi connectivity index (χ1) is 7.86. The summed E-state index contributed by atoms with van der Waals surface area (Å²) in [7, 11) is 1.26. The van der Waals surface area contributed by atoms with Crippen LogP contribution in [0.3, 0.4) is 0 Å². The summed E-state index contributed by atoms with van der Waals surface area (Å²) < 4.78 is 4.53. The number of aryl methyl sites for hydroxylation is 1. The van der Waals surface area contributed by atoms with Gasteiger partial charge in [0, 0.05) is 16.3 Å². The Morgan fingerprint density at radius 3 is 2.76 bits per heavy atom. The Morgan fingerprint density at radius 2 is 2.24 bits per heavy atom. The zero-order chi connectivity index (χ0) is 13.1. The highest BCUT2D eigenvalue weighted by molar-refractivity contribution is 7.99. The molecule has 1 unspecified atom stereocenters. The van der Waals surface area contributed by atoms with E-state index >= 15 is 0 Å². The summed E-state index contributed by atoms with van der Waals surface area (Å²) in [6.45, 7) is 3.38. The van der Waals surface area contributed by atoms with Crippen LogP contribution in [0.2, 0.25) is 0 Å². The number of esters is 1. The summed E-state index contributed by atoms with van der Waals surface area (Å²) >= 11 is 1.40. The van der Waals surface area contributed by atoms with Gasteiger partial charge in [-0.15, -0.1) is 11.8 Å². The number of rotatable bonds is 4. The fourth-order valence-electron chi connectivity index (χ4n) is 1.33. The molecule has 1 aromatic carbocycles. The Bertz CT molecular complexity index is 418. The van der Waals surface area contributed by atoms with E-state index in [0.717, 1.165) is 10.5 Å². The molecule has 3 N–H and O–H groups in total. The van der Waals surface area contributed by atoms with Gasteiger partial charge in [0.05, 0.1) is 7.11 Å².